The highest BCUT2D eigenvalue weighted by Gasteiger charge is 2.28. The number of hydrogen-bond acceptors (Lipinski definition) is 5. The zero-order valence-corrected chi connectivity index (χ0v) is 13.4. The van der Waals surface area contributed by atoms with Crippen LogP contribution in [0.15, 0.2) is 10.6 Å². The Bertz CT molecular complexity index is 529. The molecule has 0 aliphatic carbocycles. The summed E-state index contributed by atoms with van der Waals surface area (Å²) in [6, 6.07) is 1.79. The van der Waals surface area contributed by atoms with Gasteiger partial charge in [-0.3, -0.25) is 9.59 Å². The van der Waals surface area contributed by atoms with Gasteiger partial charge in [0.2, 0.25) is 5.91 Å². The highest BCUT2D eigenvalue weighted by atomic mass is 16.5. The first kappa shape index (κ1) is 16.5. The van der Waals surface area contributed by atoms with E-state index in [0.29, 0.717) is 31.0 Å². The predicted octanol–water partition coefficient (Wildman–Crippen LogP) is 0.969. The lowest BCUT2D eigenvalue weighted by Crippen LogP contribution is -2.45. The van der Waals surface area contributed by atoms with Crippen molar-refractivity contribution in [1.29, 1.82) is 0 Å². The van der Waals surface area contributed by atoms with Crippen LogP contribution in [0.3, 0.4) is 0 Å². The molecule has 1 atom stereocenters. The van der Waals surface area contributed by atoms with E-state index >= 15 is 0 Å². The lowest BCUT2D eigenvalue weighted by Gasteiger charge is -2.25. The van der Waals surface area contributed by atoms with E-state index in [0.717, 1.165) is 12.8 Å². The summed E-state index contributed by atoms with van der Waals surface area (Å²) in [5.74, 6) is 0.492. The molecule has 1 aliphatic heterocycles. The molecular formula is C15H23N3O4. The summed E-state index contributed by atoms with van der Waals surface area (Å²) < 4.78 is 10.2. The summed E-state index contributed by atoms with van der Waals surface area (Å²) in [6.07, 6.45) is 2.11. The van der Waals surface area contributed by atoms with Gasteiger partial charge in [-0.2, -0.15) is 0 Å². The van der Waals surface area contributed by atoms with Crippen LogP contribution in [0.25, 0.3) is 0 Å². The summed E-state index contributed by atoms with van der Waals surface area (Å²) in [5, 5.41) is 3.87. The maximum absolute atomic E-state index is 12.3. The van der Waals surface area contributed by atoms with E-state index in [1.807, 2.05) is 0 Å². The molecule has 0 aromatic carbocycles. The van der Waals surface area contributed by atoms with Crippen molar-refractivity contribution in [2.24, 2.45) is 0 Å². The van der Waals surface area contributed by atoms with Crippen molar-refractivity contribution in [2.45, 2.75) is 38.8 Å². The Balaban J connectivity index is 1.93. The van der Waals surface area contributed by atoms with Crippen LogP contribution < -0.4 is 0 Å². The minimum absolute atomic E-state index is 0.0754. The van der Waals surface area contributed by atoms with E-state index in [1.165, 1.54) is 7.11 Å². The standard InChI is InChI=1S/C15H23N3O4/c1-11-8-12(16-22-11)9-17(2)14(19)10-18-7-5-4-6-13(21-3)15(18)20/h8,13H,4-7,9-10H2,1-3H3. The van der Waals surface area contributed by atoms with Crippen molar-refractivity contribution in [3.63, 3.8) is 0 Å². The number of carbonyl (C=O) groups excluding carboxylic acids is 2. The molecule has 2 heterocycles. The molecule has 0 spiro atoms. The zero-order chi connectivity index (χ0) is 16.1. The van der Waals surface area contributed by atoms with Gasteiger partial charge in [0.25, 0.3) is 5.91 Å². The van der Waals surface area contributed by atoms with E-state index in [4.69, 9.17) is 9.26 Å². The summed E-state index contributed by atoms with van der Waals surface area (Å²) in [6.45, 7) is 2.85. The number of hydrogen-bond donors (Lipinski definition) is 0. The fourth-order valence-corrected chi connectivity index (χ4v) is 2.55. The molecule has 2 amide bonds. The zero-order valence-electron chi connectivity index (χ0n) is 13.4. The van der Waals surface area contributed by atoms with Gasteiger partial charge >= 0.3 is 0 Å². The molecular weight excluding hydrogens is 286 g/mol. The molecule has 0 N–H and O–H groups in total. The van der Waals surface area contributed by atoms with Gasteiger partial charge in [-0.1, -0.05) is 5.16 Å². The third kappa shape index (κ3) is 4.07. The Morgan fingerprint density at radius 2 is 2.32 bits per heavy atom. The van der Waals surface area contributed by atoms with Gasteiger partial charge in [0.15, 0.2) is 0 Å². The van der Waals surface area contributed by atoms with Crippen molar-refractivity contribution in [1.82, 2.24) is 15.0 Å². The van der Waals surface area contributed by atoms with Gasteiger partial charge in [-0.15, -0.1) is 0 Å². The number of aryl methyl sites for hydroxylation is 1. The number of carbonyl (C=O) groups is 2. The van der Waals surface area contributed by atoms with Crippen molar-refractivity contribution in [3.05, 3.63) is 17.5 Å². The first-order chi connectivity index (χ1) is 10.5. The molecule has 1 saturated heterocycles. The maximum Gasteiger partial charge on any atom is 0.252 e. The van der Waals surface area contributed by atoms with Crippen LogP contribution in [0.1, 0.15) is 30.7 Å². The molecule has 1 aromatic heterocycles. The highest BCUT2D eigenvalue weighted by Crippen LogP contribution is 2.15. The van der Waals surface area contributed by atoms with E-state index in [2.05, 4.69) is 5.16 Å². The first-order valence-electron chi connectivity index (χ1n) is 7.49. The Hall–Kier alpha value is -1.89. The molecule has 7 nitrogen and oxygen atoms in total. The lowest BCUT2D eigenvalue weighted by molar-refractivity contribution is -0.146. The molecule has 2 rings (SSSR count). The molecule has 0 saturated carbocycles. The predicted molar refractivity (Wildman–Crippen MR) is 78.9 cm³/mol. The second-order valence-electron chi connectivity index (χ2n) is 5.66. The number of ether oxygens (including phenoxy) is 1. The van der Waals surface area contributed by atoms with E-state index in [1.54, 1.807) is 29.8 Å². The minimum Gasteiger partial charge on any atom is -0.372 e. The topological polar surface area (TPSA) is 75.9 Å². The van der Waals surface area contributed by atoms with Gasteiger partial charge in [0.1, 0.15) is 17.6 Å². The first-order valence-corrected chi connectivity index (χ1v) is 7.49. The maximum atomic E-state index is 12.3. The molecule has 1 aromatic rings. The van der Waals surface area contributed by atoms with Crippen LogP contribution in [0.5, 0.6) is 0 Å². The number of likely N-dealkylation sites (tertiary alicyclic amines) is 1. The number of amides is 2. The average molecular weight is 309 g/mol. The average Bonchev–Trinajstić information content (AvgIpc) is 2.81. The molecule has 1 aliphatic rings. The van der Waals surface area contributed by atoms with Crippen LogP contribution in [-0.4, -0.2) is 60.1 Å². The Labute approximate surface area is 130 Å². The van der Waals surface area contributed by atoms with Crippen molar-refractivity contribution >= 4 is 11.8 Å². The van der Waals surface area contributed by atoms with E-state index in [9.17, 15) is 9.59 Å². The Kier molecular flexibility index (Phi) is 5.54. The monoisotopic (exact) mass is 309 g/mol. The largest absolute Gasteiger partial charge is 0.372 e. The summed E-state index contributed by atoms with van der Waals surface area (Å²) >= 11 is 0. The van der Waals surface area contributed by atoms with Gasteiger partial charge in [0.05, 0.1) is 13.1 Å². The molecule has 1 unspecified atom stereocenters. The van der Waals surface area contributed by atoms with Crippen LogP contribution in [0.2, 0.25) is 0 Å². The van der Waals surface area contributed by atoms with Gasteiger partial charge in [-0.05, 0) is 26.2 Å². The minimum atomic E-state index is -0.432. The van der Waals surface area contributed by atoms with Crippen molar-refractivity contribution in [3.8, 4) is 0 Å². The molecule has 0 radical (unpaired) electrons. The fourth-order valence-electron chi connectivity index (χ4n) is 2.55. The number of aromatic nitrogens is 1. The molecule has 7 heteroatoms. The van der Waals surface area contributed by atoms with Crippen LogP contribution in [0, 0.1) is 6.92 Å². The van der Waals surface area contributed by atoms with Crippen molar-refractivity contribution < 1.29 is 18.8 Å². The lowest BCUT2D eigenvalue weighted by atomic mass is 10.2. The summed E-state index contributed by atoms with van der Waals surface area (Å²) in [4.78, 5) is 27.8. The number of rotatable bonds is 5. The van der Waals surface area contributed by atoms with Gasteiger partial charge in [-0.25, -0.2) is 0 Å². The summed E-state index contributed by atoms with van der Waals surface area (Å²) in [7, 11) is 3.23. The second kappa shape index (κ2) is 7.40. The van der Waals surface area contributed by atoms with Crippen LogP contribution >= 0.6 is 0 Å². The number of methoxy groups -OCH3 is 1. The van der Waals surface area contributed by atoms with Crippen LogP contribution in [0.4, 0.5) is 0 Å². The normalized spacial score (nSPS) is 19.1. The number of nitrogens with zero attached hydrogens (tertiary/aromatic N) is 3. The third-order valence-corrected chi connectivity index (χ3v) is 3.84. The Morgan fingerprint density at radius 1 is 1.55 bits per heavy atom. The van der Waals surface area contributed by atoms with Gasteiger partial charge < -0.3 is 19.1 Å². The smallest absolute Gasteiger partial charge is 0.252 e. The van der Waals surface area contributed by atoms with Crippen LogP contribution in [-0.2, 0) is 20.9 Å². The molecule has 122 valence electrons. The van der Waals surface area contributed by atoms with Crippen molar-refractivity contribution in [2.75, 3.05) is 27.2 Å². The fraction of sp³-hybridized carbons (Fsp3) is 0.667. The third-order valence-electron chi connectivity index (χ3n) is 3.84. The van der Waals surface area contributed by atoms with Gasteiger partial charge in [0, 0.05) is 26.8 Å². The second-order valence-corrected chi connectivity index (χ2v) is 5.66. The molecule has 1 fully saturated rings. The molecule has 22 heavy (non-hydrogen) atoms. The Morgan fingerprint density at radius 3 is 2.95 bits per heavy atom. The highest BCUT2D eigenvalue weighted by molar-refractivity contribution is 5.87. The number of likely N-dealkylation sites (N-methyl/N-ethyl adjacent to an activating group) is 1. The SMILES string of the molecule is COC1CCCCN(CC(=O)N(C)Cc2cc(C)on2)C1=O. The summed E-state index contributed by atoms with van der Waals surface area (Å²) in [5.41, 5.74) is 0.699. The quantitative estimate of drug-likeness (QED) is 0.810. The van der Waals surface area contributed by atoms with E-state index in [-0.39, 0.29) is 18.4 Å². The van der Waals surface area contributed by atoms with E-state index < -0.39 is 6.10 Å². The molecule has 0 bridgehead atoms.